The number of hydrogen-bond acceptors (Lipinski definition) is 2. The van der Waals surface area contributed by atoms with Gasteiger partial charge >= 0.3 is 0 Å². The number of allylic oxidation sites excluding steroid dienone is 8. The van der Waals surface area contributed by atoms with Crippen LogP contribution in [-0.2, 0) is 9.59 Å². The second kappa shape index (κ2) is 8.07. The van der Waals surface area contributed by atoms with Crippen molar-refractivity contribution in [3.63, 3.8) is 0 Å². The summed E-state index contributed by atoms with van der Waals surface area (Å²) in [7, 11) is 0. The smallest absolute Gasteiger partial charge is 0.178 e. The zero-order valence-electron chi connectivity index (χ0n) is 14.7. The molecule has 0 bridgehead atoms. The summed E-state index contributed by atoms with van der Waals surface area (Å²) in [5, 5.41) is 0. The molecular formula is C20H28O2. The summed E-state index contributed by atoms with van der Waals surface area (Å²) in [4.78, 5) is 24.5. The van der Waals surface area contributed by atoms with Crippen LogP contribution in [0, 0.1) is 11.8 Å². The first-order chi connectivity index (χ1) is 10.2. The Morgan fingerprint density at radius 1 is 1.00 bits per heavy atom. The highest BCUT2D eigenvalue weighted by molar-refractivity contribution is 6.00. The number of hydrogen-bond donors (Lipinski definition) is 0. The molecule has 1 aliphatic carbocycles. The molecule has 0 fully saturated rings. The fourth-order valence-corrected chi connectivity index (χ4v) is 3.05. The van der Waals surface area contributed by atoms with Crippen LogP contribution in [0.1, 0.15) is 54.4 Å². The minimum absolute atomic E-state index is 0.0121. The van der Waals surface area contributed by atoms with Crippen LogP contribution in [-0.4, -0.2) is 11.6 Å². The molecule has 1 rings (SSSR count). The molecule has 1 aliphatic rings. The van der Waals surface area contributed by atoms with E-state index in [9.17, 15) is 9.59 Å². The van der Waals surface area contributed by atoms with Crippen molar-refractivity contribution in [2.75, 3.05) is 0 Å². The Bertz CT molecular complexity index is 563. The average molecular weight is 300 g/mol. The molecule has 0 amide bonds. The van der Waals surface area contributed by atoms with Gasteiger partial charge in [-0.05, 0) is 78.5 Å². The van der Waals surface area contributed by atoms with E-state index >= 15 is 0 Å². The predicted molar refractivity (Wildman–Crippen MR) is 92.6 cm³/mol. The van der Waals surface area contributed by atoms with E-state index in [4.69, 9.17) is 0 Å². The minimum atomic E-state index is -0.126. The van der Waals surface area contributed by atoms with Gasteiger partial charge in [0.1, 0.15) is 0 Å². The maximum Gasteiger partial charge on any atom is 0.178 e. The second-order valence-corrected chi connectivity index (χ2v) is 6.75. The summed E-state index contributed by atoms with van der Waals surface area (Å²) in [5.74, 6) is 0.168. The third-order valence-electron chi connectivity index (χ3n) is 3.96. The Balaban J connectivity index is 3.09. The van der Waals surface area contributed by atoms with Gasteiger partial charge in [0.15, 0.2) is 11.6 Å². The van der Waals surface area contributed by atoms with Crippen molar-refractivity contribution >= 4 is 11.6 Å². The molecule has 0 aliphatic heterocycles. The number of carbonyl (C=O) groups excluding carboxylic acids is 2. The first kappa shape index (κ1) is 18.3. The predicted octanol–water partition coefficient (Wildman–Crippen LogP) is 4.98. The topological polar surface area (TPSA) is 34.1 Å². The highest BCUT2D eigenvalue weighted by Crippen LogP contribution is 2.36. The third kappa shape index (κ3) is 5.25. The van der Waals surface area contributed by atoms with E-state index in [-0.39, 0.29) is 23.4 Å². The van der Waals surface area contributed by atoms with Gasteiger partial charge in [0.05, 0.1) is 0 Å². The maximum absolute atomic E-state index is 12.6. The lowest BCUT2D eigenvalue weighted by Gasteiger charge is -2.30. The quantitative estimate of drug-likeness (QED) is 0.530. The van der Waals surface area contributed by atoms with Gasteiger partial charge in [0.25, 0.3) is 0 Å². The molecule has 0 radical (unpaired) electrons. The minimum Gasteiger partial charge on any atom is -0.294 e. The largest absolute Gasteiger partial charge is 0.294 e. The number of ketones is 2. The summed E-state index contributed by atoms with van der Waals surface area (Å²) in [6.07, 6.45) is 9.11. The van der Waals surface area contributed by atoms with Crippen LogP contribution in [0.3, 0.4) is 0 Å². The van der Waals surface area contributed by atoms with Crippen LogP contribution in [0.2, 0.25) is 0 Å². The summed E-state index contributed by atoms with van der Waals surface area (Å²) in [6, 6.07) is 0. The number of rotatable bonds is 5. The molecule has 2 unspecified atom stereocenters. The molecule has 2 heteroatoms. The Hall–Kier alpha value is -1.70. The van der Waals surface area contributed by atoms with Gasteiger partial charge in [-0.2, -0.15) is 0 Å². The molecule has 0 aromatic rings. The van der Waals surface area contributed by atoms with Gasteiger partial charge in [-0.3, -0.25) is 9.59 Å². The molecule has 0 aromatic heterocycles. The highest BCUT2D eigenvalue weighted by Gasteiger charge is 2.31. The summed E-state index contributed by atoms with van der Waals surface area (Å²) in [5.41, 5.74) is 4.15. The van der Waals surface area contributed by atoms with Crippen molar-refractivity contribution in [3.05, 3.63) is 46.6 Å². The first-order valence-electron chi connectivity index (χ1n) is 7.94. The molecular weight excluding hydrogens is 272 g/mol. The molecule has 0 aromatic carbocycles. The highest BCUT2D eigenvalue weighted by atomic mass is 16.1. The van der Waals surface area contributed by atoms with Crippen molar-refractivity contribution in [2.45, 2.75) is 54.4 Å². The molecule has 0 N–H and O–H groups in total. The van der Waals surface area contributed by atoms with Gasteiger partial charge in [-0.15, -0.1) is 0 Å². The molecule has 0 saturated carbocycles. The van der Waals surface area contributed by atoms with E-state index in [1.165, 1.54) is 0 Å². The summed E-state index contributed by atoms with van der Waals surface area (Å²) < 4.78 is 0. The van der Waals surface area contributed by atoms with Crippen molar-refractivity contribution < 1.29 is 9.59 Å². The van der Waals surface area contributed by atoms with E-state index < -0.39 is 0 Å². The Morgan fingerprint density at radius 2 is 1.59 bits per heavy atom. The molecule has 0 saturated heterocycles. The monoisotopic (exact) mass is 300 g/mol. The van der Waals surface area contributed by atoms with Crippen LogP contribution in [0.5, 0.6) is 0 Å². The SMILES string of the molecule is CC(C)=CC(=O)C=C(C)C1CCC=C(C)C1C(=O)C=C(C)C. The maximum atomic E-state index is 12.6. The van der Waals surface area contributed by atoms with Crippen molar-refractivity contribution in [1.29, 1.82) is 0 Å². The lowest BCUT2D eigenvalue weighted by atomic mass is 9.73. The Kier molecular flexibility index (Phi) is 6.73. The molecule has 0 spiro atoms. The Morgan fingerprint density at radius 3 is 2.14 bits per heavy atom. The zero-order valence-corrected chi connectivity index (χ0v) is 14.7. The fraction of sp³-hybridized carbons (Fsp3) is 0.500. The number of carbonyl (C=O) groups is 2. The molecule has 22 heavy (non-hydrogen) atoms. The average Bonchev–Trinajstić information content (AvgIpc) is 2.35. The van der Waals surface area contributed by atoms with Gasteiger partial charge < -0.3 is 0 Å². The standard InChI is InChI=1S/C20H28O2/c1-13(2)10-17(21)12-16(6)18-9-7-8-15(5)20(18)19(22)11-14(3)4/h8,10-12,18,20H,7,9H2,1-6H3. The van der Waals surface area contributed by atoms with Crippen molar-refractivity contribution in [1.82, 2.24) is 0 Å². The second-order valence-electron chi connectivity index (χ2n) is 6.75. The third-order valence-corrected chi connectivity index (χ3v) is 3.96. The lowest BCUT2D eigenvalue weighted by Crippen LogP contribution is -2.27. The van der Waals surface area contributed by atoms with Crippen LogP contribution < -0.4 is 0 Å². The van der Waals surface area contributed by atoms with Gasteiger partial charge in [-0.25, -0.2) is 0 Å². The van der Waals surface area contributed by atoms with Crippen LogP contribution >= 0.6 is 0 Å². The van der Waals surface area contributed by atoms with Crippen LogP contribution in [0.15, 0.2) is 46.6 Å². The van der Waals surface area contributed by atoms with Gasteiger partial charge in [-0.1, -0.05) is 28.4 Å². The van der Waals surface area contributed by atoms with Crippen LogP contribution in [0.4, 0.5) is 0 Å². The van der Waals surface area contributed by atoms with E-state index in [2.05, 4.69) is 6.08 Å². The molecule has 2 nitrogen and oxygen atoms in total. The summed E-state index contributed by atoms with van der Waals surface area (Å²) >= 11 is 0. The normalized spacial score (nSPS) is 21.7. The fourth-order valence-electron chi connectivity index (χ4n) is 3.05. The lowest BCUT2D eigenvalue weighted by molar-refractivity contribution is -0.118. The zero-order chi connectivity index (χ0) is 16.9. The van der Waals surface area contributed by atoms with E-state index in [0.29, 0.717) is 0 Å². The summed E-state index contributed by atoms with van der Waals surface area (Å²) in [6.45, 7) is 11.7. The van der Waals surface area contributed by atoms with Gasteiger partial charge in [0, 0.05) is 5.92 Å². The van der Waals surface area contributed by atoms with Gasteiger partial charge in [0.2, 0.25) is 0 Å². The molecule has 120 valence electrons. The molecule has 0 heterocycles. The van der Waals surface area contributed by atoms with Crippen molar-refractivity contribution in [2.24, 2.45) is 11.8 Å². The molecule has 2 atom stereocenters. The van der Waals surface area contributed by atoms with E-state index in [1.54, 1.807) is 18.2 Å². The van der Waals surface area contributed by atoms with E-state index in [1.807, 2.05) is 41.5 Å². The van der Waals surface area contributed by atoms with Crippen LogP contribution in [0.25, 0.3) is 0 Å². The Labute approximate surface area is 134 Å². The van der Waals surface area contributed by atoms with Crippen molar-refractivity contribution in [3.8, 4) is 0 Å². The first-order valence-corrected chi connectivity index (χ1v) is 7.94. The van der Waals surface area contributed by atoms with E-state index in [0.717, 1.165) is 35.1 Å².